The Bertz CT molecular complexity index is 816. The van der Waals surface area contributed by atoms with Crippen LogP contribution < -0.4 is 0 Å². The number of nitrogens with zero attached hydrogens (tertiary/aromatic N) is 6. The van der Waals surface area contributed by atoms with Crippen molar-refractivity contribution in [1.82, 2.24) is 13.0 Å². The van der Waals surface area contributed by atoms with Crippen LogP contribution in [0.25, 0.3) is 0 Å². The Hall–Kier alpha value is -0.289. The molecule has 0 aromatic heterocycles. The third kappa shape index (κ3) is 9.79. The van der Waals surface area contributed by atoms with Crippen molar-refractivity contribution < 1.29 is 0 Å². The Balaban J connectivity index is 3.77. The van der Waals surface area contributed by atoms with Crippen LogP contribution in [0.1, 0.15) is 19.3 Å². The molecule has 0 N–H and O–H groups in total. The van der Waals surface area contributed by atoms with Gasteiger partial charge in [-0.2, -0.15) is 10.2 Å². The van der Waals surface area contributed by atoms with Gasteiger partial charge >= 0.3 is 0 Å². The van der Waals surface area contributed by atoms with Gasteiger partial charge in [0.05, 0.1) is 11.4 Å². The molecule has 210 valence electrons. The van der Waals surface area contributed by atoms with Gasteiger partial charge in [0, 0.05) is 12.1 Å². The molecule has 0 aromatic carbocycles. The van der Waals surface area contributed by atoms with Gasteiger partial charge in [0.15, 0.2) is 49.4 Å². The summed E-state index contributed by atoms with van der Waals surface area (Å²) < 4.78 is 7.70. The maximum atomic E-state index is 5.53. The molecule has 0 spiro atoms. The van der Waals surface area contributed by atoms with Crippen LogP contribution >= 0.6 is 0 Å². The predicted octanol–water partition coefficient (Wildman–Crippen LogP) is 8.15. The van der Waals surface area contributed by atoms with Crippen LogP contribution in [0.3, 0.4) is 0 Å². The lowest BCUT2D eigenvalue weighted by Gasteiger charge is -2.44. The third-order valence-corrected chi connectivity index (χ3v) is 26.1. The molecule has 0 amide bonds. The largest absolute Gasteiger partial charge is 0.350 e. The summed E-state index contributed by atoms with van der Waals surface area (Å²) >= 11 is 0. The van der Waals surface area contributed by atoms with Crippen LogP contribution in [-0.2, 0) is 0 Å². The van der Waals surface area contributed by atoms with Crippen molar-refractivity contribution in [2.45, 2.75) is 137 Å². The number of hydrogen-bond acceptors (Lipinski definition) is 6. The molecular formula is C24H60N6Si6. The van der Waals surface area contributed by atoms with Crippen molar-refractivity contribution in [3.8, 4) is 0 Å². The van der Waals surface area contributed by atoms with Gasteiger partial charge in [-0.15, -0.1) is 0 Å². The highest BCUT2D eigenvalue weighted by atomic mass is 28.4. The van der Waals surface area contributed by atoms with Gasteiger partial charge in [0.2, 0.25) is 0 Å². The van der Waals surface area contributed by atoms with Gasteiger partial charge in [0.25, 0.3) is 0 Å². The number of hydrogen-bond donors (Lipinski definition) is 0. The second kappa shape index (κ2) is 11.1. The van der Waals surface area contributed by atoms with Gasteiger partial charge in [0.1, 0.15) is 0 Å². The first-order valence-corrected chi connectivity index (χ1v) is 34.5. The maximum Gasteiger partial charge on any atom is 0.158 e. The quantitative estimate of drug-likeness (QED) is 0.198. The maximum absolute atomic E-state index is 5.53. The monoisotopic (exact) mass is 600 g/mol. The molecule has 12 heteroatoms. The van der Waals surface area contributed by atoms with E-state index in [2.05, 4.69) is 131 Å². The standard InChI is InChI=1S/C24H60N6Si6/c1-31(2,3)28(32(4,5)6)25-22-19-20-23(26-29(33(7,8)9)34(10,11)12)24(21-22)27-30(35(13,14)15)36(16,17)18/h19-21H2,1-18H3. The van der Waals surface area contributed by atoms with E-state index in [0.29, 0.717) is 0 Å². The fourth-order valence-electron chi connectivity index (χ4n) is 5.38. The second-order valence-corrected chi connectivity index (χ2v) is 46.3. The minimum Gasteiger partial charge on any atom is -0.350 e. The molecule has 0 heterocycles. The van der Waals surface area contributed by atoms with Crippen LogP contribution in [0.15, 0.2) is 15.3 Å². The van der Waals surface area contributed by atoms with E-state index in [1.54, 1.807) is 0 Å². The number of hydrazone groups is 3. The molecule has 0 saturated heterocycles. The minimum absolute atomic E-state index is 0.834. The third-order valence-electron chi connectivity index (χ3n) is 5.85. The molecule has 1 aliphatic carbocycles. The Morgan fingerprint density at radius 2 is 0.667 bits per heavy atom. The van der Waals surface area contributed by atoms with Crippen LogP contribution in [0, 0.1) is 0 Å². The summed E-state index contributed by atoms with van der Waals surface area (Å²) in [6, 6.07) is 0. The van der Waals surface area contributed by atoms with Crippen LogP contribution in [0.4, 0.5) is 0 Å². The van der Waals surface area contributed by atoms with Gasteiger partial charge in [-0.3, -0.25) is 0 Å². The summed E-state index contributed by atoms with van der Waals surface area (Å²) in [4.78, 5) is 0. The summed E-state index contributed by atoms with van der Waals surface area (Å²) in [7, 11) is -9.65. The highest BCUT2D eigenvalue weighted by Gasteiger charge is 2.39. The Morgan fingerprint density at radius 1 is 0.389 bits per heavy atom. The molecule has 6 nitrogen and oxygen atoms in total. The van der Waals surface area contributed by atoms with E-state index in [1.807, 2.05) is 0 Å². The highest BCUT2D eigenvalue weighted by Crippen LogP contribution is 2.27. The van der Waals surface area contributed by atoms with Gasteiger partial charge in [-0.1, -0.05) is 118 Å². The first kappa shape index (κ1) is 33.7. The zero-order chi connectivity index (χ0) is 28.7. The van der Waals surface area contributed by atoms with E-state index >= 15 is 0 Å². The Kier molecular flexibility index (Phi) is 10.4. The molecule has 0 atom stereocenters. The molecule has 1 rings (SSSR count). The van der Waals surface area contributed by atoms with Crippen molar-refractivity contribution in [1.29, 1.82) is 0 Å². The first-order chi connectivity index (χ1) is 15.6. The Labute approximate surface area is 231 Å². The van der Waals surface area contributed by atoms with E-state index in [4.69, 9.17) is 15.3 Å². The second-order valence-electron chi connectivity index (χ2n) is 16.4. The summed E-state index contributed by atoms with van der Waals surface area (Å²) in [5.41, 5.74) is 3.70. The fraction of sp³-hybridized carbons (Fsp3) is 0.875. The number of rotatable bonds is 9. The minimum atomic E-state index is -1.64. The topological polar surface area (TPSA) is 46.8 Å². The van der Waals surface area contributed by atoms with E-state index in [0.717, 1.165) is 19.3 Å². The molecule has 36 heavy (non-hydrogen) atoms. The van der Waals surface area contributed by atoms with Gasteiger partial charge < -0.3 is 13.0 Å². The Morgan fingerprint density at radius 3 is 0.972 bits per heavy atom. The molecular weight excluding hydrogens is 541 g/mol. The van der Waals surface area contributed by atoms with Crippen molar-refractivity contribution in [3.63, 3.8) is 0 Å². The summed E-state index contributed by atoms with van der Waals surface area (Å²) in [6.07, 6.45) is 2.77. The van der Waals surface area contributed by atoms with Crippen LogP contribution in [-0.4, -0.2) is 79.6 Å². The zero-order valence-corrected chi connectivity index (χ0v) is 33.3. The van der Waals surface area contributed by atoms with Gasteiger partial charge in [-0.25, -0.2) is 5.10 Å². The summed E-state index contributed by atoms with van der Waals surface area (Å²) in [5, 5.41) is 16.4. The van der Waals surface area contributed by atoms with Crippen molar-refractivity contribution >= 4 is 66.5 Å². The lowest BCUT2D eigenvalue weighted by molar-refractivity contribution is 0.647. The van der Waals surface area contributed by atoms with Crippen molar-refractivity contribution in [2.75, 3.05) is 0 Å². The van der Waals surface area contributed by atoms with E-state index < -0.39 is 49.4 Å². The normalized spacial score (nSPS) is 20.3. The molecule has 0 aliphatic heterocycles. The van der Waals surface area contributed by atoms with Crippen LogP contribution in [0.5, 0.6) is 0 Å². The van der Waals surface area contributed by atoms with E-state index in [9.17, 15) is 0 Å². The summed E-state index contributed by atoms with van der Waals surface area (Å²) in [6.45, 7) is 43.7. The molecule has 0 unspecified atom stereocenters. The molecule has 1 saturated carbocycles. The summed E-state index contributed by atoms with van der Waals surface area (Å²) in [5.74, 6) is 0. The molecule has 1 fully saturated rings. The molecule has 0 radical (unpaired) electrons. The predicted molar refractivity (Wildman–Crippen MR) is 182 cm³/mol. The first-order valence-electron chi connectivity index (χ1n) is 13.8. The molecule has 0 bridgehead atoms. The van der Waals surface area contributed by atoms with E-state index in [-0.39, 0.29) is 0 Å². The molecule has 0 aromatic rings. The SMILES string of the molecule is C[Si](C)(C)N(N=C1CCC(=NN([Si](C)(C)C)[Si](C)(C)C)C(=NN([Si](C)(C)C)[Si](C)(C)C)C1)[Si](C)(C)C. The smallest absolute Gasteiger partial charge is 0.158 e. The average molecular weight is 601 g/mol. The molecule has 1 aliphatic rings. The fourth-order valence-corrected chi connectivity index (χ4v) is 32.1. The van der Waals surface area contributed by atoms with E-state index in [1.165, 1.54) is 17.1 Å². The van der Waals surface area contributed by atoms with Crippen molar-refractivity contribution in [2.24, 2.45) is 15.3 Å². The zero-order valence-electron chi connectivity index (χ0n) is 27.3. The lowest BCUT2D eigenvalue weighted by atomic mass is 9.94. The van der Waals surface area contributed by atoms with Crippen LogP contribution in [0.2, 0.25) is 118 Å². The highest BCUT2D eigenvalue weighted by molar-refractivity contribution is 6.91. The average Bonchev–Trinajstić information content (AvgIpc) is 2.57. The van der Waals surface area contributed by atoms with Gasteiger partial charge in [-0.05, 0) is 12.8 Å². The van der Waals surface area contributed by atoms with Crippen molar-refractivity contribution in [3.05, 3.63) is 0 Å². The lowest BCUT2D eigenvalue weighted by Crippen LogP contribution is -2.58.